The van der Waals surface area contributed by atoms with Crippen LogP contribution in [0.5, 0.6) is 5.75 Å². The van der Waals surface area contributed by atoms with Crippen LogP contribution in [0.3, 0.4) is 0 Å². The van der Waals surface area contributed by atoms with Crippen LogP contribution in [0.4, 0.5) is 4.39 Å². The molecule has 13 heavy (non-hydrogen) atoms. The molecule has 4 heteroatoms. The van der Waals surface area contributed by atoms with Gasteiger partial charge in [0.2, 0.25) is 0 Å². The Morgan fingerprint density at radius 1 is 1.54 bits per heavy atom. The summed E-state index contributed by atoms with van der Waals surface area (Å²) < 4.78 is 13.1. The first kappa shape index (κ1) is 10.3. The van der Waals surface area contributed by atoms with E-state index in [2.05, 4.69) is 0 Å². The van der Waals surface area contributed by atoms with Crippen molar-refractivity contribution in [2.45, 2.75) is 19.4 Å². The van der Waals surface area contributed by atoms with E-state index < -0.39 is 11.9 Å². The van der Waals surface area contributed by atoms with Gasteiger partial charge in [-0.15, -0.1) is 0 Å². The van der Waals surface area contributed by atoms with Gasteiger partial charge in [0.05, 0.1) is 11.1 Å². The van der Waals surface area contributed by atoms with Crippen LogP contribution in [-0.2, 0) is 6.42 Å². The summed E-state index contributed by atoms with van der Waals surface area (Å²) in [4.78, 5) is 0. The lowest BCUT2D eigenvalue weighted by Gasteiger charge is -2.07. The van der Waals surface area contributed by atoms with Gasteiger partial charge in [-0.2, -0.15) is 0 Å². The number of aliphatic hydroxyl groups is 1. The van der Waals surface area contributed by atoms with Crippen LogP contribution in [0.25, 0.3) is 0 Å². The van der Waals surface area contributed by atoms with Crippen molar-refractivity contribution in [2.75, 3.05) is 0 Å². The van der Waals surface area contributed by atoms with Crippen LogP contribution in [0.2, 0.25) is 5.02 Å². The van der Waals surface area contributed by atoms with Crippen LogP contribution in [-0.4, -0.2) is 16.3 Å². The Bertz CT molecular complexity index is 313. The van der Waals surface area contributed by atoms with Crippen molar-refractivity contribution >= 4 is 11.6 Å². The molecule has 0 aromatic heterocycles. The molecule has 0 bridgehead atoms. The monoisotopic (exact) mass is 204 g/mol. The number of halogens is 2. The zero-order valence-electron chi connectivity index (χ0n) is 7.09. The SMILES string of the molecule is CC(O)Cc1cc(Cl)c(O)cc1F. The second kappa shape index (κ2) is 3.94. The summed E-state index contributed by atoms with van der Waals surface area (Å²) in [5.41, 5.74) is 0.304. The highest BCUT2D eigenvalue weighted by molar-refractivity contribution is 6.32. The second-order valence-corrected chi connectivity index (χ2v) is 3.36. The molecule has 0 aliphatic heterocycles. The van der Waals surface area contributed by atoms with E-state index in [1.165, 1.54) is 6.07 Å². The van der Waals surface area contributed by atoms with Crippen molar-refractivity contribution in [3.63, 3.8) is 0 Å². The Balaban J connectivity index is 3.01. The van der Waals surface area contributed by atoms with Crippen molar-refractivity contribution in [3.8, 4) is 5.75 Å². The molecule has 0 saturated carbocycles. The third kappa shape index (κ3) is 2.57. The molecular formula is C9H10ClFO2. The van der Waals surface area contributed by atoms with Crippen LogP contribution >= 0.6 is 11.6 Å². The molecule has 0 saturated heterocycles. The van der Waals surface area contributed by atoms with E-state index in [1.54, 1.807) is 6.92 Å². The maximum absolute atomic E-state index is 13.1. The fraction of sp³-hybridized carbons (Fsp3) is 0.333. The highest BCUT2D eigenvalue weighted by Crippen LogP contribution is 2.26. The number of hydrogen-bond donors (Lipinski definition) is 2. The summed E-state index contributed by atoms with van der Waals surface area (Å²) in [5.74, 6) is -0.837. The summed E-state index contributed by atoms with van der Waals surface area (Å²) in [6, 6.07) is 2.26. The number of hydrogen-bond acceptors (Lipinski definition) is 2. The van der Waals surface area contributed by atoms with Gasteiger partial charge < -0.3 is 10.2 Å². The fourth-order valence-corrected chi connectivity index (χ4v) is 1.24. The Labute approximate surface area is 80.6 Å². The lowest BCUT2D eigenvalue weighted by molar-refractivity contribution is 0.194. The van der Waals surface area contributed by atoms with Gasteiger partial charge in [-0.05, 0) is 18.6 Å². The van der Waals surface area contributed by atoms with Crippen molar-refractivity contribution < 1.29 is 14.6 Å². The molecule has 0 spiro atoms. The van der Waals surface area contributed by atoms with E-state index in [9.17, 15) is 4.39 Å². The molecule has 0 amide bonds. The molecule has 0 fully saturated rings. The van der Waals surface area contributed by atoms with Gasteiger partial charge in [0.25, 0.3) is 0 Å². The summed E-state index contributed by atoms with van der Waals surface area (Å²) >= 11 is 5.57. The van der Waals surface area contributed by atoms with Crippen molar-refractivity contribution in [1.29, 1.82) is 0 Å². The Morgan fingerprint density at radius 2 is 2.15 bits per heavy atom. The molecule has 1 aromatic carbocycles. The number of aromatic hydroxyl groups is 1. The van der Waals surface area contributed by atoms with Gasteiger partial charge in [0.15, 0.2) is 0 Å². The molecule has 1 rings (SSSR count). The standard InChI is InChI=1S/C9H10ClFO2/c1-5(12)2-6-3-7(10)9(13)4-8(6)11/h3-5,12-13H,2H2,1H3. The van der Waals surface area contributed by atoms with Crippen LogP contribution in [0.15, 0.2) is 12.1 Å². The van der Waals surface area contributed by atoms with Gasteiger partial charge in [-0.1, -0.05) is 11.6 Å². The molecule has 0 aliphatic carbocycles. The first-order valence-electron chi connectivity index (χ1n) is 3.85. The average Bonchev–Trinajstić information content (AvgIpc) is 1.99. The molecule has 72 valence electrons. The zero-order valence-corrected chi connectivity index (χ0v) is 7.85. The quantitative estimate of drug-likeness (QED) is 0.775. The molecule has 0 heterocycles. The van der Waals surface area contributed by atoms with E-state index in [1.807, 2.05) is 0 Å². The third-order valence-corrected chi connectivity index (χ3v) is 1.93. The number of phenolic OH excluding ortho intramolecular Hbond substituents is 1. The highest BCUT2D eigenvalue weighted by atomic mass is 35.5. The predicted octanol–water partition coefficient (Wildman–Crippen LogP) is 2.11. The second-order valence-electron chi connectivity index (χ2n) is 2.95. The summed E-state index contributed by atoms with van der Waals surface area (Å²) in [6.45, 7) is 1.56. The zero-order chi connectivity index (χ0) is 10.0. The molecule has 1 aromatic rings. The molecule has 0 aliphatic rings. The van der Waals surface area contributed by atoms with E-state index in [0.717, 1.165) is 6.07 Å². The Kier molecular flexibility index (Phi) is 3.12. The summed E-state index contributed by atoms with van der Waals surface area (Å²) in [5, 5.41) is 18.1. The van der Waals surface area contributed by atoms with Gasteiger partial charge >= 0.3 is 0 Å². The van der Waals surface area contributed by atoms with Crippen LogP contribution in [0, 0.1) is 5.82 Å². The molecule has 1 atom stereocenters. The highest BCUT2D eigenvalue weighted by Gasteiger charge is 2.09. The predicted molar refractivity (Wildman–Crippen MR) is 48.5 cm³/mol. The molecule has 2 nitrogen and oxygen atoms in total. The van der Waals surface area contributed by atoms with Crippen LogP contribution in [0.1, 0.15) is 12.5 Å². The topological polar surface area (TPSA) is 40.5 Å². The Hall–Kier alpha value is -0.800. The summed E-state index contributed by atoms with van der Waals surface area (Å²) in [7, 11) is 0. The lowest BCUT2D eigenvalue weighted by Crippen LogP contribution is -2.05. The van der Waals surface area contributed by atoms with E-state index in [-0.39, 0.29) is 17.2 Å². The Morgan fingerprint density at radius 3 is 2.69 bits per heavy atom. The smallest absolute Gasteiger partial charge is 0.137 e. The van der Waals surface area contributed by atoms with E-state index in [0.29, 0.717) is 5.56 Å². The van der Waals surface area contributed by atoms with Gasteiger partial charge in [0.1, 0.15) is 11.6 Å². The average molecular weight is 205 g/mol. The number of phenols is 1. The van der Waals surface area contributed by atoms with Crippen molar-refractivity contribution in [3.05, 3.63) is 28.5 Å². The molecule has 1 unspecified atom stereocenters. The molecule has 0 radical (unpaired) electrons. The van der Waals surface area contributed by atoms with Crippen molar-refractivity contribution in [2.24, 2.45) is 0 Å². The minimum atomic E-state index is -0.630. The van der Waals surface area contributed by atoms with Gasteiger partial charge in [-0.25, -0.2) is 4.39 Å². The van der Waals surface area contributed by atoms with E-state index >= 15 is 0 Å². The number of aliphatic hydroxyl groups excluding tert-OH is 1. The maximum Gasteiger partial charge on any atom is 0.137 e. The van der Waals surface area contributed by atoms with Gasteiger partial charge in [0, 0.05) is 12.5 Å². The first-order chi connectivity index (χ1) is 6.00. The first-order valence-corrected chi connectivity index (χ1v) is 4.23. The fourth-order valence-electron chi connectivity index (χ4n) is 1.05. The normalized spacial score (nSPS) is 12.9. The molecular weight excluding hydrogens is 195 g/mol. The number of rotatable bonds is 2. The minimum Gasteiger partial charge on any atom is -0.506 e. The van der Waals surface area contributed by atoms with Crippen LogP contribution < -0.4 is 0 Å². The lowest BCUT2D eigenvalue weighted by atomic mass is 10.1. The van der Waals surface area contributed by atoms with Gasteiger partial charge in [-0.3, -0.25) is 0 Å². The third-order valence-electron chi connectivity index (χ3n) is 1.63. The summed E-state index contributed by atoms with van der Waals surface area (Å²) in [6.07, 6.45) is -0.443. The van der Waals surface area contributed by atoms with E-state index in [4.69, 9.17) is 21.8 Å². The molecule has 2 N–H and O–H groups in total. The largest absolute Gasteiger partial charge is 0.506 e. The number of benzene rings is 1. The maximum atomic E-state index is 13.1. The van der Waals surface area contributed by atoms with Crippen molar-refractivity contribution in [1.82, 2.24) is 0 Å². The minimum absolute atomic E-state index is 0.0945.